The summed E-state index contributed by atoms with van der Waals surface area (Å²) < 4.78 is 16.2. The first-order valence-electron chi connectivity index (χ1n) is 10.3. The second-order valence-electron chi connectivity index (χ2n) is 7.26. The van der Waals surface area contributed by atoms with Crippen LogP contribution < -0.4 is 30.2 Å². The Morgan fingerprint density at radius 3 is 2.62 bits per heavy atom. The molecule has 1 unspecified atom stereocenters. The van der Waals surface area contributed by atoms with Crippen LogP contribution >= 0.6 is 0 Å². The highest BCUT2D eigenvalue weighted by Crippen LogP contribution is 2.33. The van der Waals surface area contributed by atoms with E-state index < -0.39 is 11.8 Å². The van der Waals surface area contributed by atoms with Gasteiger partial charge in [-0.25, -0.2) is 0 Å². The zero-order valence-electron chi connectivity index (χ0n) is 18.1. The lowest BCUT2D eigenvalue weighted by Crippen LogP contribution is -2.32. The van der Waals surface area contributed by atoms with Crippen molar-refractivity contribution >= 4 is 23.4 Å². The van der Waals surface area contributed by atoms with Crippen LogP contribution in [0.2, 0.25) is 0 Å². The van der Waals surface area contributed by atoms with Crippen LogP contribution in [0.1, 0.15) is 18.9 Å². The number of amides is 3. The van der Waals surface area contributed by atoms with Gasteiger partial charge in [0.2, 0.25) is 11.8 Å². The van der Waals surface area contributed by atoms with E-state index in [-0.39, 0.29) is 37.9 Å². The van der Waals surface area contributed by atoms with Crippen LogP contribution in [0.15, 0.2) is 42.5 Å². The summed E-state index contributed by atoms with van der Waals surface area (Å²) in [6, 6.07) is 12.4. The number of hydrogen-bond acceptors (Lipinski definition) is 6. The number of primary amides is 1. The van der Waals surface area contributed by atoms with Gasteiger partial charge in [-0.1, -0.05) is 18.2 Å². The second kappa shape index (κ2) is 10.5. The number of carbonyl (C=O) groups is 3. The molecule has 2 aromatic rings. The van der Waals surface area contributed by atoms with Gasteiger partial charge < -0.3 is 30.2 Å². The molecule has 1 fully saturated rings. The number of methoxy groups -OCH3 is 1. The summed E-state index contributed by atoms with van der Waals surface area (Å²) in [5.74, 6) is 0.0524. The molecule has 0 aliphatic carbocycles. The molecule has 1 aliphatic rings. The minimum Gasteiger partial charge on any atom is -0.493 e. The third-order valence-corrected chi connectivity index (χ3v) is 5.02. The van der Waals surface area contributed by atoms with Gasteiger partial charge in [-0.05, 0) is 36.8 Å². The van der Waals surface area contributed by atoms with Crippen LogP contribution in [0, 0.1) is 5.92 Å². The molecule has 1 atom stereocenters. The van der Waals surface area contributed by atoms with E-state index in [1.165, 1.54) is 7.11 Å². The van der Waals surface area contributed by atoms with Gasteiger partial charge in [0.05, 0.1) is 25.3 Å². The molecular weight excluding hydrogens is 414 g/mol. The predicted octanol–water partition coefficient (Wildman–Crippen LogP) is 1.63. The van der Waals surface area contributed by atoms with Gasteiger partial charge in [0.1, 0.15) is 5.75 Å². The standard InChI is InChI=1S/C23H27N3O6/c1-3-31-18-7-5-4-6-17(18)26-13-16(11-22(26)28)23(29)25-12-15-8-9-19(20(10-15)30-2)32-14-21(24)27/h4-10,16H,3,11-14H2,1-2H3,(H2,24,27)(H,25,29). The summed E-state index contributed by atoms with van der Waals surface area (Å²) in [6.45, 7) is 2.65. The number of hydrogen-bond donors (Lipinski definition) is 2. The summed E-state index contributed by atoms with van der Waals surface area (Å²) in [7, 11) is 1.48. The Balaban J connectivity index is 1.61. The molecule has 170 valence electrons. The van der Waals surface area contributed by atoms with E-state index in [9.17, 15) is 14.4 Å². The SMILES string of the molecule is CCOc1ccccc1N1CC(C(=O)NCc2ccc(OCC(N)=O)c(OC)c2)CC1=O. The predicted molar refractivity (Wildman–Crippen MR) is 118 cm³/mol. The summed E-state index contributed by atoms with van der Waals surface area (Å²) in [4.78, 5) is 37.8. The van der Waals surface area contributed by atoms with Crippen molar-refractivity contribution in [3.8, 4) is 17.2 Å². The van der Waals surface area contributed by atoms with Crippen molar-refractivity contribution in [3.05, 3.63) is 48.0 Å². The minimum atomic E-state index is -0.590. The fourth-order valence-corrected chi connectivity index (χ4v) is 3.50. The number of nitrogens with two attached hydrogens (primary N) is 1. The molecule has 1 heterocycles. The fraction of sp³-hybridized carbons (Fsp3) is 0.348. The van der Waals surface area contributed by atoms with Crippen molar-refractivity contribution in [1.82, 2.24) is 5.32 Å². The van der Waals surface area contributed by atoms with Gasteiger partial charge in [-0.2, -0.15) is 0 Å². The van der Waals surface area contributed by atoms with Crippen LogP contribution in [0.3, 0.4) is 0 Å². The van der Waals surface area contributed by atoms with E-state index in [4.69, 9.17) is 19.9 Å². The average molecular weight is 441 g/mol. The summed E-state index contributed by atoms with van der Waals surface area (Å²) in [6.07, 6.45) is 0.134. The smallest absolute Gasteiger partial charge is 0.255 e. The van der Waals surface area contributed by atoms with E-state index in [2.05, 4.69) is 5.32 Å². The zero-order chi connectivity index (χ0) is 23.1. The Hall–Kier alpha value is -3.75. The van der Waals surface area contributed by atoms with Crippen molar-refractivity contribution in [2.24, 2.45) is 11.7 Å². The van der Waals surface area contributed by atoms with Crippen molar-refractivity contribution in [2.75, 3.05) is 31.8 Å². The molecule has 0 aromatic heterocycles. The molecule has 0 bridgehead atoms. The quantitative estimate of drug-likeness (QED) is 0.578. The highest BCUT2D eigenvalue weighted by Gasteiger charge is 2.36. The lowest BCUT2D eigenvalue weighted by atomic mass is 10.1. The highest BCUT2D eigenvalue weighted by molar-refractivity contribution is 6.01. The van der Waals surface area contributed by atoms with Crippen molar-refractivity contribution < 1.29 is 28.6 Å². The molecule has 3 N–H and O–H groups in total. The first kappa shape index (κ1) is 22.9. The van der Waals surface area contributed by atoms with Gasteiger partial charge in [0.25, 0.3) is 5.91 Å². The summed E-state index contributed by atoms with van der Waals surface area (Å²) in [5, 5.41) is 2.87. The van der Waals surface area contributed by atoms with Crippen LogP contribution in [-0.4, -0.2) is 44.6 Å². The van der Waals surface area contributed by atoms with E-state index >= 15 is 0 Å². The summed E-state index contributed by atoms with van der Waals surface area (Å²) in [5.41, 5.74) is 6.55. The first-order chi connectivity index (χ1) is 15.4. The number of para-hydroxylation sites is 2. The molecule has 9 heteroatoms. The number of nitrogens with zero attached hydrogens (tertiary/aromatic N) is 1. The number of ether oxygens (including phenoxy) is 3. The van der Waals surface area contributed by atoms with Gasteiger partial charge >= 0.3 is 0 Å². The maximum Gasteiger partial charge on any atom is 0.255 e. The normalized spacial score (nSPS) is 15.4. The highest BCUT2D eigenvalue weighted by atomic mass is 16.5. The molecule has 9 nitrogen and oxygen atoms in total. The maximum atomic E-state index is 12.7. The summed E-state index contributed by atoms with van der Waals surface area (Å²) >= 11 is 0. The second-order valence-corrected chi connectivity index (χ2v) is 7.26. The third kappa shape index (κ3) is 5.48. The van der Waals surface area contributed by atoms with Crippen molar-refractivity contribution in [3.63, 3.8) is 0 Å². The number of benzene rings is 2. The molecule has 0 radical (unpaired) electrons. The van der Waals surface area contributed by atoms with E-state index in [1.54, 1.807) is 23.1 Å². The fourth-order valence-electron chi connectivity index (χ4n) is 3.50. The molecule has 2 aromatic carbocycles. The molecule has 1 aliphatic heterocycles. The third-order valence-electron chi connectivity index (χ3n) is 5.02. The maximum absolute atomic E-state index is 12.7. The van der Waals surface area contributed by atoms with E-state index in [0.717, 1.165) is 5.56 Å². The van der Waals surface area contributed by atoms with E-state index in [0.29, 0.717) is 29.5 Å². The largest absolute Gasteiger partial charge is 0.493 e. The number of rotatable bonds is 10. The van der Waals surface area contributed by atoms with Crippen molar-refractivity contribution in [1.29, 1.82) is 0 Å². The average Bonchev–Trinajstić information content (AvgIpc) is 3.18. The Morgan fingerprint density at radius 2 is 1.91 bits per heavy atom. The number of nitrogens with one attached hydrogen (secondary N) is 1. The monoisotopic (exact) mass is 441 g/mol. The van der Waals surface area contributed by atoms with Crippen LogP contribution in [0.25, 0.3) is 0 Å². The molecule has 3 amide bonds. The Labute approximate surface area is 186 Å². The zero-order valence-corrected chi connectivity index (χ0v) is 18.1. The van der Waals surface area contributed by atoms with Crippen LogP contribution in [-0.2, 0) is 20.9 Å². The first-order valence-corrected chi connectivity index (χ1v) is 10.3. The van der Waals surface area contributed by atoms with Crippen molar-refractivity contribution in [2.45, 2.75) is 19.9 Å². The molecular formula is C23H27N3O6. The lowest BCUT2D eigenvalue weighted by Gasteiger charge is -2.20. The molecule has 1 saturated heterocycles. The number of anilines is 1. The van der Waals surface area contributed by atoms with E-state index in [1.807, 2.05) is 31.2 Å². The van der Waals surface area contributed by atoms with Gasteiger partial charge in [-0.3, -0.25) is 14.4 Å². The molecule has 0 spiro atoms. The van der Waals surface area contributed by atoms with Gasteiger partial charge in [-0.15, -0.1) is 0 Å². The molecule has 0 saturated carbocycles. The van der Waals surface area contributed by atoms with Crippen LogP contribution in [0.5, 0.6) is 17.2 Å². The molecule has 32 heavy (non-hydrogen) atoms. The number of carbonyl (C=O) groups excluding carboxylic acids is 3. The topological polar surface area (TPSA) is 120 Å². The Kier molecular flexibility index (Phi) is 7.54. The molecule has 3 rings (SSSR count). The van der Waals surface area contributed by atoms with Gasteiger partial charge in [0.15, 0.2) is 18.1 Å². The Bertz CT molecular complexity index is 993. The minimum absolute atomic E-state index is 0.116. The lowest BCUT2D eigenvalue weighted by molar-refractivity contribution is -0.126. The van der Waals surface area contributed by atoms with Crippen LogP contribution in [0.4, 0.5) is 5.69 Å². The Morgan fingerprint density at radius 1 is 1.12 bits per heavy atom. The van der Waals surface area contributed by atoms with Gasteiger partial charge in [0, 0.05) is 19.5 Å².